The van der Waals surface area contributed by atoms with Crippen LogP contribution in [0.5, 0.6) is 0 Å². The first-order chi connectivity index (χ1) is 18.4. The average molecular weight is 539 g/mol. The highest BCUT2D eigenvalue weighted by molar-refractivity contribution is 5.72. The molecule has 3 unspecified atom stereocenters. The maximum absolute atomic E-state index is 13.3. The molecule has 3 atom stereocenters. The van der Waals surface area contributed by atoms with E-state index in [9.17, 15) is 9.59 Å². The third kappa shape index (κ3) is 17.5. The summed E-state index contributed by atoms with van der Waals surface area (Å²) in [7, 11) is 0. The van der Waals surface area contributed by atoms with Crippen LogP contribution in [-0.4, -0.2) is 17.7 Å². The predicted octanol–water partition coefficient (Wildman–Crippen LogP) is 11.1. The lowest BCUT2D eigenvalue weighted by Crippen LogP contribution is -2.48. The minimum atomic E-state index is -1.13. The van der Waals surface area contributed by atoms with Crippen molar-refractivity contribution in [3.63, 3.8) is 0 Å². The van der Waals surface area contributed by atoms with Crippen LogP contribution in [0.15, 0.2) is 0 Å². The molecule has 0 amide bonds. The molecular weight excluding hydrogens is 472 g/mol. The van der Waals surface area contributed by atoms with Gasteiger partial charge in [0.1, 0.15) is 0 Å². The summed E-state index contributed by atoms with van der Waals surface area (Å²) in [5.41, 5.74) is 0. The Labute approximate surface area is 237 Å². The minimum absolute atomic E-state index is 0.0418. The van der Waals surface area contributed by atoms with E-state index in [0.29, 0.717) is 25.2 Å². The highest BCUT2D eigenvalue weighted by atomic mass is 16.7. The summed E-state index contributed by atoms with van der Waals surface area (Å²) in [6, 6.07) is 0. The average Bonchev–Trinajstić information content (AvgIpc) is 2.90. The van der Waals surface area contributed by atoms with Gasteiger partial charge in [0, 0.05) is 25.2 Å². The van der Waals surface area contributed by atoms with E-state index in [-0.39, 0.29) is 17.9 Å². The first-order valence-electron chi connectivity index (χ1n) is 16.9. The van der Waals surface area contributed by atoms with Crippen molar-refractivity contribution in [2.75, 3.05) is 0 Å². The predicted molar refractivity (Wildman–Crippen MR) is 162 cm³/mol. The third-order valence-corrected chi connectivity index (χ3v) is 8.18. The fourth-order valence-corrected chi connectivity index (χ4v) is 5.56. The van der Waals surface area contributed by atoms with Gasteiger partial charge in [0.2, 0.25) is 0 Å². The van der Waals surface area contributed by atoms with E-state index in [4.69, 9.17) is 9.47 Å². The maximum atomic E-state index is 13.3. The standard InChI is InChI=1S/C34H66O4/c1-7-13-17-19-20-22-24-28-33(36)38-34(31(12-6)26-16-10-4,29-30(11-5)25-15-9-3)37-32(35)27-23-21-18-14-8-2/h30-31H,7-29H2,1-6H3. The van der Waals surface area contributed by atoms with Gasteiger partial charge in [-0.3, -0.25) is 9.59 Å². The number of esters is 2. The van der Waals surface area contributed by atoms with Crippen LogP contribution in [0.3, 0.4) is 0 Å². The first kappa shape index (κ1) is 36.9. The fourth-order valence-electron chi connectivity index (χ4n) is 5.56. The summed E-state index contributed by atoms with van der Waals surface area (Å²) in [4.78, 5) is 26.5. The SMILES string of the molecule is CCCCCCCCCC(=O)OC(CC(CC)CCCC)(OC(=O)CCCCCCC)C(CC)CCCC. The van der Waals surface area contributed by atoms with Gasteiger partial charge in [-0.15, -0.1) is 0 Å². The Morgan fingerprint density at radius 1 is 0.526 bits per heavy atom. The summed E-state index contributed by atoms with van der Waals surface area (Å²) in [5, 5.41) is 0. The number of rotatable bonds is 27. The molecule has 0 aliphatic rings. The van der Waals surface area contributed by atoms with Gasteiger partial charge in [0.25, 0.3) is 5.79 Å². The molecule has 0 spiro atoms. The zero-order valence-electron chi connectivity index (χ0n) is 26.6. The summed E-state index contributed by atoms with van der Waals surface area (Å²) in [6.45, 7) is 13.2. The van der Waals surface area contributed by atoms with Crippen LogP contribution in [0, 0.1) is 11.8 Å². The van der Waals surface area contributed by atoms with Gasteiger partial charge in [-0.05, 0) is 31.6 Å². The molecule has 0 saturated heterocycles. The van der Waals surface area contributed by atoms with Crippen LogP contribution in [-0.2, 0) is 19.1 Å². The van der Waals surface area contributed by atoms with Crippen molar-refractivity contribution in [1.82, 2.24) is 0 Å². The van der Waals surface area contributed by atoms with E-state index >= 15 is 0 Å². The zero-order chi connectivity index (χ0) is 28.5. The second kappa shape index (κ2) is 24.9. The van der Waals surface area contributed by atoms with Gasteiger partial charge in [-0.25, -0.2) is 0 Å². The molecule has 38 heavy (non-hydrogen) atoms. The van der Waals surface area contributed by atoms with Crippen LogP contribution in [0.4, 0.5) is 0 Å². The molecule has 0 heterocycles. The molecule has 0 aliphatic heterocycles. The molecule has 0 aromatic rings. The van der Waals surface area contributed by atoms with E-state index in [2.05, 4.69) is 41.5 Å². The van der Waals surface area contributed by atoms with Gasteiger partial charge in [0.15, 0.2) is 0 Å². The highest BCUT2D eigenvalue weighted by Crippen LogP contribution is 2.39. The van der Waals surface area contributed by atoms with Crippen LogP contribution in [0.1, 0.15) is 189 Å². The lowest BCUT2D eigenvalue weighted by molar-refractivity contribution is -0.257. The first-order valence-corrected chi connectivity index (χ1v) is 16.9. The van der Waals surface area contributed by atoms with Gasteiger partial charge in [0.05, 0.1) is 0 Å². The van der Waals surface area contributed by atoms with Gasteiger partial charge in [-0.1, -0.05) is 144 Å². The number of carbonyl (C=O) groups is 2. The quantitative estimate of drug-likeness (QED) is 0.0593. The van der Waals surface area contributed by atoms with Crippen molar-refractivity contribution >= 4 is 11.9 Å². The Kier molecular flexibility index (Phi) is 24.2. The number of carbonyl (C=O) groups excluding carboxylic acids is 2. The van der Waals surface area contributed by atoms with Crippen molar-refractivity contribution in [3.8, 4) is 0 Å². The molecule has 0 aliphatic carbocycles. The molecule has 4 nitrogen and oxygen atoms in total. The lowest BCUT2D eigenvalue weighted by Gasteiger charge is -2.41. The van der Waals surface area contributed by atoms with Crippen molar-refractivity contribution in [2.45, 2.75) is 195 Å². The topological polar surface area (TPSA) is 52.6 Å². The van der Waals surface area contributed by atoms with Crippen LogP contribution in [0.2, 0.25) is 0 Å². The third-order valence-electron chi connectivity index (χ3n) is 8.18. The molecule has 4 heteroatoms. The lowest BCUT2D eigenvalue weighted by atomic mass is 9.81. The van der Waals surface area contributed by atoms with E-state index < -0.39 is 5.79 Å². The Morgan fingerprint density at radius 2 is 0.947 bits per heavy atom. The van der Waals surface area contributed by atoms with E-state index in [1.807, 2.05) is 0 Å². The molecule has 0 rings (SSSR count). The van der Waals surface area contributed by atoms with E-state index in [1.165, 1.54) is 44.9 Å². The van der Waals surface area contributed by atoms with Crippen molar-refractivity contribution in [3.05, 3.63) is 0 Å². The number of ether oxygens (including phenoxy) is 2. The van der Waals surface area contributed by atoms with Crippen molar-refractivity contribution < 1.29 is 19.1 Å². The molecule has 0 aromatic carbocycles. The summed E-state index contributed by atoms with van der Waals surface area (Å²) < 4.78 is 12.7. The van der Waals surface area contributed by atoms with Crippen molar-refractivity contribution in [1.29, 1.82) is 0 Å². The minimum Gasteiger partial charge on any atom is -0.422 e. The zero-order valence-corrected chi connectivity index (χ0v) is 26.6. The highest BCUT2D eigenvalue weighted by Gasteiger charge is 2.46. The summed E-state index contributed by atoms with van der Waals surface area (Å²) >= 11 is 0. The molecular formula is C34H66O4. The summed E-state index contributed by atoms with van der Waals surface area (Å²) in [6.07, 6.45) is 23.4. The van der Waals surface area contributed by atoms with E-state index in [1.54, 1.807) is 0 Å². The second-order valence-corrected chi connectivity index (χ2v) is 11.7. The van der Waals surface area contributed by atoms with Crippen LogP contribution in [0.25, 0.3) is 0 Å². The Bertz CT molecular complexity index is 561. The Balaban J connectivity index is 5.64. The van der Waals surface area contributed by atoms with Gasteiger partial charge < -0.3 is 9.47 Å². The largest absolute Gasteiger partial charge is 0.422 e. The maximum Gasteiger partial charge on any atom is 0.309 e. The molecule has 0 radical (unpaired) electrons. The van der Waals surface area contributed by atoms with Gasteiger partial charge in [-0.2, -0.15) is 0 Å². The fraction of sp³-hybridized carbons (Fsp3) is 0.941. The Morgan fingerprint density at radius 3 is 1.37 bits per heavy atom. The number of hydrogen-bond donors (Lipinski definition) is 0. The molecule has 0 saturated carbocycles. The molecule has 0 fully saturated rings. The normalized spacial score (nSPS) is 14.6. The van der Waals surface area contributed by atoms with Crippen LogP contribution >= 0.6 is 0 Å². The number of unbranched alkanes of at least 4 members (excludes halogenated alkanes) is 12. The van der Waals surface area contributed by atoms with E-state index in [0.717, 1.165) is 83.5 Å². The Hall–Kier alpha value is -1.06. The summed E-state index contributed by atoms with van der Waals surface area (Å²) in [5.74, 6) is -1.08. The van der Waals surface area contributed by atoms with Crippen LogP contribution < -0.4 is 0 Å². The molecule has 0 N–H and O–H groups in total. The molecule has 226 valence electrons. The second-order valence-electron chi connectivity index (χ2n) is 11.7. The number of hydrogen-bond acceptors (Lipinski definition) is 4. The molecule has 0 aromatic heterocycles. The van der Waals surface area contributed by atoms with Gasteiger partial charge >= 0.3 is 11.9 Å². The monoisotopic (exact) mass is 538 g/mol. The smallest absolute Gasteiger partial charge is 0.309 e. The van der Waals surface area contributed by atoms with Crippen molar-refractivity contribution in [2.24, 2.45) is 11.8 Å². The molecule has 0 bridgehead atoms.